The number of hydrogen-bond acceptors (Lipinski definition) is 7. The molecule has 2 heterocycles. The summed E-state index contributed by atoms with van der Waals surface area (Å²) in [6.07, 6.45) is -4.12. The van der Waals surface area contributed by atoms with Gasteiger partial charge in [-0.2, -0.15) is 0 Å². The Morgan fingerprint density at radius 2 is 2.00 bits per heavy atom. The summed E-state index contributed by atoms with van der Waals surface area (Å²) in [5, 5.41) is 40.9. The van der Waals surface area contributed by atoms with Crippen molar-refractivity contribution in [3.63, 3.8) is 0 Å². The molecule has 1 fully saturated rings. The van der Waals surface area contributed by atoms with Crippen LogP contribution in [0, 0.1) is 6.92 Å². The molecule has 0 unspecified atom stereocenters. The van der Waals surface area contributed by atoms with E-state index in [9.17, 15) is 25.2 Å². The lowest BCUT2D eigenvalue weighted by molar-refractivity contribution is -0.122. The fraction of sp³-hybridized carbons (Fsp3) is 0.400. The van der Waals surface area contributed by atoms with E-state index in [4.69, 9.17) is 4.42 Å². The summed E-state index contributed by atoms with van der Waals surface area (Å²) in [5.74, 6) is 0.0739. The number of aliphatic hydroxyl groups is 4. The van der Waals surface area contributed by atoms with Gasteiger partial charge in [0.1, 0.15) is 17.8 Å². The van der Waals surface area contributed by atoms with E-state index in [1.807, 2.05) is 0 Å². The molecular weight excluding hydrogens is 308 g/mol. The summed E-state index contributed by atoms with van der Waals surface area (Å²) in [6.45, 7) is 1.78. The van der Waals surface area contributed by atoms with Crippen LogP contribution in [0.5, 0.6) is 0 Å². The molecule has 3 rings (SSSR count). The molecule has 0 saturated carbocycles. The summed E-state index contributed by atoms with van der Waals surface area (Å²) in [6, 6.07) is 6.15. The highest BCUT2D eigenvalue weighted by Gasteiger charge is 2.49. The quantitative estimate of drug-likeness (QED) is 0.550. The Morgan fingerprint density at radius 3 is 2.73 bits per heavy atom. The predicted octanol–water partition coefficient (Wildman–Crippen LogP) is 0.0760. The molecule has 4 atom stereocenters. The van der Waals surface area contributed by atoms with Crippen LogP contribution in [0.2, 0.25) is 0 Å². The normalized spacial score (nSPS) is 32.3. The van der Waals surface area contributed by atoms with E-state index in [0.29, 0.717) is 11.1 Å². The van der Waals surface area contributed by atoms with Gasteiger partial charge in [-0.1, -0.05) is 12.1 Å². The summed E-state index contributed by atoms with van der Waals surface area (Å²) in [5.41, 5.74) is 0.847. The maximum absolute atomic E-state index is 11.5. The zero-order chi connectivity index (χ0) is 16.1. The lowest BCUT2D eigenvalue weighted by Crippen LogP contribution is -2.54. The van der Waals surface area contributed by atoms with Gasteiger partial charge >= 0.3 is 5.63 Å². The van der Waals surface area contributed by atoms with Crippen LogP contribution in [0.15, 0.2) is 33.5 Å². The third-order valence-electron chi connectivity index (χ3n) is 3.96. The van der Waals surface area contributed by atoms with Gasteiger partial charge in [-0.25, -0.2) is 4.79 Å². The Bertz CT molecular complexity index is 772. The van der Waals surface area contributed by atoms with Gasteiger partial charge in [-0.05, 0) is 18.6 Å². The highest BCUT2D eigenvalue weighted by Crippen LogP contribution is 2.43. The van der Waals surface area contributed by atoms with Gasteiger partial charge in [-0.15, -0.1) is 11.8 Å². The van der Waals surface area contributed by atoms with Gasteiger partial charge in [0.2, 0.25) is 0 Å². The van der Waals surface area contributed by atoms with Gasteiger partial charge in [0.25, 0.3) is 0 Å². The van der Waals surface area contributed by atoms with Crippen molar-refractivity contribution in [1.29, 1.82) is 0 Å². The van der Waals surface area contributed by atoms with Crippen LogP contribution in [0.1, 0.15) is 11.1 Å². The molecule has 0 spiro atoms. The molecule has 1 aromatic carbocycles. The number of thioether (sulfide) groups is 1. The highest BCUT2D eigenvalue weighted by molar-refractivity contribution is 8.00. The van der Waals surface area contributed by atoms with Crippen molar-refractivity contribution in [2.45, 2.75) is 30.2 Å². The monoisotopic (exact) mass is 324 g/mol. The molecule has 1 aliphatic rings. The summed E-state index contributed by atoms with van der Waals surface area (Å²) >= 11 is 0.931. The SMILES string of the molecule is Cc1cc(=O)oc2cc([C@@]3(O)SC[C@@H](O)[C@H](O)[C@H]3O)ccc12. The van der Waals surface area contributed by atoms with Gasteiger partial charge in [-0.3, -0.25) is 0 Å². The molecule has 1 aromatic heterocycles. The van der Waals surface area contributed by atoms with Crippen molar-refractivity contribution in [2.24, 2.45) is 0 Å². The molecule has 0 aliphatic carbocycles. The molecule has 1 saturated heterocycles. The van der Waals surface area contributed by atoms with E-state index in [2.05, 4.69) is 0 Å². The molecule has 118 valence electrons. The Labute approximate surface area is 130 Å². The first-order valence-corrected chi connectivity index (χ1v) is 7.77. The smallest absolute Gasteiger partial charge is 0.336 e. The lowest BCUT2D eigenvalue weighted by Gasteiger charge is -2.41. The largest absolute Gasteiger partial charge is 0.423 e. The van der Waals surface area contributed by atoms with Crippen molar-refractivity contribution >= 4 is 22.7 Å². The van der Waals surface area contributed by atoms with Crippen LogP contribution in [0.3, 0.4) is 0 Å². The van der Waals surface area contributed by atoms with Gasteiger partial charge < -0.3 is 24.8 Å². The van der Waals surface area contributed by atoms with Crippen LogP contribution in [-0.4, -0.2) is 44.5 Å². The van der Waals surface area contributed by atoms with E-state index in [-0.39, 0.29) is 5.75 Å². The maximum atomic E-state index is 11.5. The second kappa shape index (κ2) is 5.36. The molecule has 0 radical (unpaired) electrons. The number of hydrogen-bond donors (Lipinski definition) is 4. The minimum Gasteiger partial charge on any atom is -0.423 e. The van der Waals surface area contributed by atoms with Crippen LogP contribution < -0.4 is 5.63 Å². The first-order chi connectivity index (χ1) is 10.3. The Hall–Kier alpha value is -1.38. The topological polar surface area (TPSA) is 111 Å². The molecule has 6 nitrogen and oxygen atoms in total. The van der Waals surface area contributed by atoms with Crippen molar-refractivity contribution < 1.29 is 24.8 Å². The van der Waals surface area contributed by atoms with E-state index in [1.165, 1.54) is 12.1 Å². The molecular formula is C15H16O6S. The molecule has 4 N–H and O–H groups in total. The maximum Gasteiger partial charge on any atom is 0.336 e. The fourth-order valence-electron chi connectivity index (χ4n) is 2.64. The van der Waals surface area contributed by atoms with Crippen LogP contribution in [0.25, 0.3) is 11.0 Å². The second-order valence-electron chi connectivity index (χ2n) is 5.47. The summed E-state index contributed by atoms with van der Waals surface area (Å²) in [7, 11) is 0. The van der Waals surface area contributed by atoms with Crippen molar-refractivity contribution in [2.75, 3.05) is 5.75 Å². The van der Waals surface area contributed by atoms with Crippen LogP contribution in [0.4, 0.5) is 0 Å². The predicted molar refractivity (Wildman–Crippen MR) is 81.6 cm³/mol. The zero-order valence-corrected chi connectivity index (χ0v) is 12.6. The minimum atomic E-state index is -1.78. The van der Waals surface area contributed by atoms with Crippen molar-refractivity contribution in [1.82, 2.24) is 0 Å². The number of aliphatic hydroxyl groups excluding tert-OH is 3. The molecule has 1 aliphatic heterocycles. The molecule has 0 bridgehead atoms. The van der Waals surface area contributed by atoms with Crippen molar-refractivity contribution in [3.05, 3.63) is 45.8 Å². The lowest BCUT2D eigenvalue weighted by atomic mass is 9.95. The summed E-state index contributed by atoms with van der Waals surface area (Å²) < 4.78 is 5.13. The third kappa shape index (κ3) is 2.35. The van der Waals surface area contributed by atoms with E-state index < -0.39 is 28.9 Å². The van der Waals surface area contributed by atoms with Crippen molar-refractivity contribution in [3.8, 4) is 0 Å². The average Bonchev–Trinajstić information content (AvgIpc) is 2.48. The standard InChI is InChI=1S/C15H16O6S/c1-7-4-12(17)21-11-5-8(2-3-9(7)11)15(20)14(19)13(18)10(16)6-22-15/h2-5,10,13-14,16,18-20H,6H2,1H3/t10-,13+,14-,15-/m1/s1. The Balaban J connectivity index is 2.11. The fourth-order valence-corrected chi connectivity index (χ4v) is 3.87. The minimum absolute atomic E-state index is 0.0739. The molecule has 7 heteroatoms. The summed E-state index contributed by atoms with van der Waals surface area (Å²) in [4.78, 5) is 9.69. The van der Waals surface area contributed by atoms with Gasteiger partial charge in [0.05, 0.1) is 6.10 Å². The molecule has 2 aromatic rings. The molecule has 22 heavy (non-hydrogen) atoms. The second-order valence-corrected chi connectivity index (χ2v) is 6.71. The highest BCUT2D eigenvalue weighted by atomic mass is 32.2. The van der Waals surface area contributed by atoms with Gasteiger partial charge in [0, 0.05) is 22.8 Å². The Morgan fingerprint density at radius 1 is 1.27 bits per heavy atom. The van der Waals surface area contributed by atoms with E-state index >= 15 is 0 Å². The number of benzene rings is 1. The van der Waals surface area contributed by atoms with Crippen LogP contribution in [-0.2, 0) is 4.93 Å². The number of aryl methyl sites for hydroxylation is 1. The zero-order valence-electron chi connectivity index (χ0n) is 11.8. The Kier molecular flexibility index (Phi) is 3.78. The first-order valence-electron chi connectivity index (χ1n) is 6.78. The molecule has 0 amide bonds. The number of fused-ring (bicyclic) bond motifs is 1. The average molecular weight is 324 g/mol. The van der Waals surface area contributed by atoms with E-state index in [0.717, 1.165) is 22.7 Å². The first kappa shape index (κ1) is 15.5. The third-order valence-corrected chi connectivity index (χ3v) is 5.38. The number of rotatable bonds is 1. The van der Waals surface area contributed by atoms with E-state index in [1.54, 1.807) is 19.1 Å². The van der Waals surface area contributed by atoms with Gasteiger partial charge in [0.15, 0.2) is 4.93 Å². The van der Waals surface area contributed by atoms with Crippen LogP contribution >= 0.6 is 11.8 Å².